The molecule has 0 bridgehead atoms. The van der Waals surface area contributed by atoms with Crippen LogP contribution in [0.1, 0.15) is 50.7 Å². The smallest absolute Gasteiger partial charge is 0.290 e. The minimum Gasteiger partial charge on any atom is -0.354 e. The molecule has 1 aliphatic rings. The second kappa shape index (κ2) is 7.45. The lowest BCUT2D eigenvalue weighted by atomic mass is 10.2. The van der Waals surface area contributed by atoms with Gasteiger partial charge in [0.2, 0.25) is 5.76 Å². The molecule has 26 heavy (non-hydrogen) atoms. The molecule has 2 N–H and O–H groups in total. The molecule has 0 unspecified atom stereocenters. The summed E-state index contributed by atoms with van der Waals surface area (Å²) >= 11 is 1.38. The SMILES string of the molecule is Cc1cnoc1C(=O)N[C@H]1CC[C@@H](NC(=O)c2sc(N(C)C)nc2C)C1. The first-order valence-electron chi connectivity index (χ1n) is 8.53. The summed E-state index contributed by atoms with van der Waals surface area (Å²) in [7, 11) is 3.81. The van der Waals surface area contributed by atoms with Gasteiger partial charge in [0, 0.05) is 31.7 Å². The van der Waals surface area contributed by atoms with E-state index in [0.29, 0.717) is 16.9 Å². The summed E-state index contributed by atoms with van der Waals surface area (Å²) < 4.78 is 4.98. The van der Waals surface area contributed by atoms with Gasteiger partial charge < -0.3 is 20.1 Å². The van der Waals surface area contributed by atoms with Crippen molar-refractivity contribution in [3.05, 3.63) is 28.1 Å². The van der Waals surface area contributed by atoms with Crippen molar-refractivity contribution in [3.8, 4) is 0 Å². The van der Waals surface area contributed by atoms with Crippen molar-refractivity contribution in [2.24, 2.45) is 0 Å². The highest BCUT2D eigenvalue weighted by Crippen LogP contribution is 2.26. The average Bonchev–Trinajstić information content (AvgIpc) is 3.27. The van der Waals surface area contributed by atoms with Crippen LogP contribution in [0.4, 0.5) is 5.13 Å². The fourth-order valence-electron chi connectivity index (χ4n) is 3.04. The first kappa shape index (κ1) is 18.4. The number of aromatic nitrogens is 2. The molecule has 8 nitrogen and oxygen atoms in total. The van der Waals surface area contributed by atoms with Gasteiger partial charge in [0.25, 0.3) is 11.8 Å². The number of aryl methyl sites for hydroxylation is 2. The van der Waals surface area contributed by atoms with Gasteiger partial charge in [0.15, 0.2) is 5.13 Å². The summed E-state index contributed by atoms with van der Waals surface area (Å²) in [6.07, 6.45) is 3.86. The molecule has 0 aromatic carbocycles. The fourth-order valence-corrected chi connectivity index (χ4v) is 3.93. The highest BCUT2D eigenvalue weighted by Gasteiger charge is 2.29. The quantitative estimate of drug-likeness (QED) is 0.825. The Morgan fingerprint density at radius 2 is 1.85 bits per heavy atom. The third kappa shape index (κ3) is 3.87. The molecular formula is C17H23N5O3S. The van der Waals surface area contributed by atoms with Crippen LogP contribution in [0.2, 0.25) is 0 Å². The normalized spacial score (nSPS) is 19.4. The standard InChI is InChI=1S/C17H23N5O3S/c1-9-8-18-25-13(9)15(23)20-11-5-6-12(7-11)21-16(24)14-10(2)19-17(26-14)22(3)4/h8,11-12H,5-7H2,1-4H3,(H,20,23)(H,21,24)/t11-,12+/m0/s1. The number of nitrogens with zero attached hydrogens (tertiary/aromatic N) is 3. The van der Waals surface area contributed by atoms with Crippen molar-refractivity contribution in [3.63, 3.8) is 0 Å². The molecule has 2 aromatic rings. The third-order valence-corrected chi connectivity index (χ3v) is 5.76. The van der Waals surface area contributed by atoms with Gasteiger partial charge in [-0.25, -0.2) is 4.98 Å². The first-order valence-corrected chi connectivity index (χ1v) is 9.34. The Morgan fingerprint density at radius 1 is 1.19 bits per heavy atom. The monoisotopic (exact) mass is 377 g/mol. The zero-order valence-corrected chi connectivity index (χ0v) is 16.1. The van der Waals surface area contributed by atoms with Gasteiger partial charge >= 0.3 is 0 Å². The van der Waals surface area contributed by atoms with Gasteiger partial charge in [-0.3, -0.25) is 9.59 Å². The highest BCUT2D eigenvalue weighted by atomic mass is 32.1. The minimum absolute atomic E-state index is 0.0113. The molecule has 1 aliphatic carbocycles. The number of nitrogens with one attached hydrogen (secondary N) is 2. The summed E-state index contributed by atoms with van der Waals surface area (Å²) in [5.74, 6) is -0.115. The number of hydrogen-bond donors (Lipinski definition) is 2. The molecule has 140 valence electrons. The van der Waals surface area contributed by atoms with E-state index < -0.39 is 0 Å². The van der Waals surface area contributed by atoms with Crippen molar-refractivity contribution in [2.45, 2.75) is 45.2 Å². The summed E-state index contributed by atoms with van der Waals surface area (Å²) in [5, 5.41) is 10.5. The first-order chi connectivity index (χ1) is 12.3. The zero-order chi connectivity index (χ0) is 18.8. The molecule has 0 spiro atoms. The van der Waals surface area contributed by atoms with Crippen molar-refractivity contribution in [2.75, 3.05) is 19.0 Å². The van der Waals surface area contributed by atoms with Crippen LogP contribution in [0.5, 0.6) is 0 Å². The van der Waals surface area contributed by atoms with Gasteiger partial charge in [-0.05, 0) is 33.1 Å². The Balaban J connectivity index is 1.55. The number of anilines is 1. The summed E-state index contributed by atoms with van der Waals surface area (Å²) in [6, 6.07) is 0.0464. The lowest BCUT2D eigenvalue weighted by Crippen LogP contribution is -2.37. The molecule has 2 aromatic heterocycles. The van der Waals surface area contributed by atoms with Crippen LogP contribution in [0.15, 0.2) is 10.7 Å². The van der Waals surface area contributed by atoms with Crippen LogP contribution >= 0.6 is 11.3 Å². The van der Waals surface area contributed by atoms with Crippen LogP contribution in [0.25, 0.3) is 0 Å². The molecule has 0 saturated heterocycles. The highest BCUT2D eigenvalue weighted by molar-refractivity contribution is 7.17. The Hall–Kier alpha value is -2.42. The van der Waals surface area contributed by atoms with E-state index in [1.807, 2.05) is 25.9 Å². The number of hydrogen-bond acceptors (Lipinski definition) is 7. The van der Waals surface area contributed by atoms with E-state index in [1.54, 1.807) is 6.92 Å². The van der Waals surface area contributed by atoms with Crippen LogP contribution < -0.4 is 15.5 Å². The molecule has 2 heterocycles. The van der Waals surface area contributed by atoms with Crippen molar-refractivity contribution < 1.29 is 14.1 Å². The lowest BCUT2D eigenvalue weighted by Gasteiger charge is -2.14. The topological polar surface area (TPSA) is 100 Å². The minimum atomic E-state index is -0.258. The van der Waals surface area contributed by atoms with Crippen LogP contribution in [-0.4, -0.2) is 48.1 Å². The van der Waals surface area contributed by atoms with Gasteiger partial charge in [0.05, 0.1) is 11.9 Å². The Morgan fingerprint density at radius 3 is 2.38 bits per heavy atom. The number of carbonyl (C=O) groups is 2. The van der Waals surface area contributed by atoms with E-state index in [0.717, 1.165) is 23.7 Å². The van der Waals surface area contributed by atoms with E-state index in [-0.39, 0.29) is 29.7 Å². The number of carbonyl (C=O) groups excluding carboxylic acids is 2. The summed E-state index contributed by atoms with van der Waals surface area (Å²) in [4.78, 5) is 31.7. The number of thiazole rings is 1. The Kier molecular flexibility index (Phi) is 5.26. The number of amides is 2. The second-order valence-corrected chi connectivity index (χ2v) is 7.77. The molecule has 1 fully saturated rings. The fraction of sp³-hybridized carbons (Fsp3) is 0.529. The summed E-state index contributed by atoms with van der Waals surface area (Å²) in [6.45, 7) is 3.62. The molecule has 2 atom stereocenters. The predicted octanol–water partition coefficient (Wildman–Crippen LogP) is 1.89. The molecule has 1 saturated carbocycles. The van der Waals surface area contributed by atoms with Crippen molar-refractivity contribution in [1.29, 1.82) is 0 Å². The van der Waals surface area contributed by atoms with Crippen molar-refractivity contribution in [1.82, 2.24) is 20.8 Å². The average molecular weight is 377 g/mol. The molecule has 0 aliphatic heterocycles. The van der Waals surface area contributed by atoms with E-state index in [1.165, 1.54) is 17.5 Å². The van der Waals surface area contributed by atoms with Gasteiger partial charge in [-0.2, -0.15) is 0 Å². The molecule has 2 amide bonds. The molecule has 9 heteroatoms. The molecule has 3 rings (SSSR count). The van der Waals surface area contributed by atoms with E-state index in [2.05, 4.69) is 20.8 Å². The van der Waals surface area contributed by atoms with Crippen LogP contribution in [-0.2, 0) is 0 Å². The van der Waals surface area contributed by atoms with E-state index in [4.69, 9.17) is 4.52 Å². The maximum absolute atomic E-state index is 12.5. The van der Waals surface area contributed by atoms with Gasteiger partial charge in [0.1, 0.15) is 4.88 Å². The predicted molar refractivity (Wildman–Crippen MR) is 98.8 cm³/mol. The van der Waals surface area contributed by atoms with Crippen LogP contribution in [0.3, 0.4) is 0 Å². The van der Waals surface area contributed by atoms with Crippen molar-refractivity contribution >= 4 is 28.3 Å². The third-order valence-electron chi connectivity index (χ3n) is 4.43. The van der Waals surface area contributed by atoms with Gasteiger partial charge in [-0.15, -0.1) is 0 Å². The Bertz CT molecular complexity index is 813. The van der Waals surface area contributed by atoms with E-state index >= 15 is 0 Å². The van der Waals surface area contributed by atoms with Crippen LogP contribution in [0, 0.1) is 13.8 Å². The lowest BCUT2D eigenvalue weighted by molar-refractivity contribution is 0.0899. The number of rotatable bonds is 5. The zero-order valence-electron chi connectivity index (χ0n) is 15.3. The summed E-state index contributed by atoms with van der Waals surface area (Å²) in [5.41, 5.74) is 1.45. The maximum atomic E-state index is 12.5. The molecular weight excluding hydrogens is 354 g/mol. The Labute approximate surface area is 156 Å². The van der Waals surface area contributed by atoms with Gasteiger partial charge in [-0.1, -0.05) is 16.5 Å². The van der Waals surface area contributed by atoms with E-state index in [9.17, 15) is 9.59 Å². The molecule has 0 radical (unpaired) electrons. The maximum Gasteiger partial charge on any atom is 0.290 e. The largest absolute Gasteiger partial charge is 0.354 e. The second-order valence-electron chi connectivity index (χ2n) is 6.80.